The van der Waals surface area contributed by atoms with Gasteiger partial charge in [0.15, 0.2) is 0 Å². The van der Waals surface area contributed by atoms with Crippen molar-refractivity contribution in [2.45, 2.75) is 18.9 Å². The Morgan fingerprint density at radius 1 is 1.56 bits per heavy atom. The molecule has 1 amide bonds. The van der Waals surface area contributed by atoms with Gasteiger partial charge in [0.1, 0.15) is 0 Å². The van der Waals surface area contributed by atoms with Gasteiger partial charge in [0.25, 0.3) is 5.91 Å². The van der Waals surface area contributed by atoms with Crippen LogP contribution in [0.4, 0.5) is 0 Å². The van der Waals surface area contributed by atoms with Crippen molar-refractivity contribution in [3.05, 3.63) is 21.9 Å². The lowest BCUT2D eigenvalue weighted by molar-refractivity contribution is 0.0945. The van der Waals surface area contributed by atoms with Gasteiger partial charge >= 0.3 is 0 Å². The molecule has 1 unspecified atom stereocenters. The van der Waals surface area contributed by atoms with Crippen LogP contribution in [0, 0.1) is 11.8 Å². The molecule has 1 fully saturated rings. The number of hydrogen-bond donors (Lipinski definition) is 2. The van der Waals surface area contributed by atoms with E-state index >= 15 is 0 Å². The summed E-state index contributed by atoms with van der Waals surface area (Å²) in [6.07, 6.45) is 1.53. The fourth-order valence-electron chi connectivity index (χ4n) is 1.64. The maximum Gasteiger partial charge on any atom is 0.261 e. The van der Waals surface area contributed by atoms with Gasteiger partial charge in [-0.25, -0.2) is 0 Å². The monoisotopic (exact) mass is 281 g/mol. The van der Waals surface area contributed by atoms with E-state index in [1.54, 1.807) is 0 Å². The highest BCUT2D eigenvalue weighted by molar-refractivity contribution is 7.99. The predicted molar refractivity (Wildman–Crippen MR) is 76.1 cm³/mol. The first-order valence-corrected chi connectivity index (χ1v) is 7.85. The predicted octanol–water partition coefficient (Wildman–Crippen LogP) is 1.72. The van der Waals surface area contributed by atoms with Crippen LogP contribution in [0.3, 0.4) is 0 Å². The summed E-state index contributed by atoms with van der Waals surface area (Å²) in [5.41, 5.74) is 0. The Morgan fingerprint density at radius 2 is 2.44 bits per heavy atom. The summed E-state index contributed by atoms with van der Waals surface area (Å²) in [5, 5.41) is 11.7. The van der Waals surface area contributed by atoms with Gasteiger partial charge < -0.3 is 10.4 Å². The maximum absolute atomic E-state index is 11.9. The molecule has 2 heterocycles. The molecule has 96 valence electrons. The average Bonchev–Trinajstić information content (AvgIpc) is 3.00. The lowest BCUT2D eigenvalue weighted by Gasteiger charge is -2.09. The summed E-state index contributed by atoms with van der Waals surface area (Å²) >= 11 is 3.28. The number of amides is 1. The molecular formula is C13H15NO2S2. The smallest absolute Gasteiger partial charge is 0.261 e. The van der Waals surface area contributed by atoms with E-state index in [9.17, 15) is 4.79 Å². The topological polar surface area (TPSA) is 49.3 Å². The molecule has 5 heteroatoms. The van der Waals surface area contributed by atoms with Crippen LogP contribution in [-0.4, -0.2) is 35.2 Å². The Hall–Kier alpha value is -0.960. The minimum absolute atomic E-state index is 0.00251. The number of rotatable bonds is 3. The number of thioether (sulfide) groups is 1. The highest BCUT2D eigenvalue weighted by Crippen LogP contribution is 2.19. The molecule has 1 aliphatic rings. The summed E-state index contributed by atoms with van der Waals surface area (Å²) in [5.74, 6) is 7.94. The highest BCUT2D eigenvalue weighted by atomic mass is 32.2. The standard InChI is InChI=1S/C13H15NO2S2/c15-7-2-1-3-11-4-5-12(18-11)13(16)14-10-6-8-17-9-10/h4-5,10,15H,2,6-9H2,(H,14,16). The Bertz CT molecular complexity index is 467. The van der Waals surface area contributed by atoms with Crippen LogP contribution in [0.5, 0.6) is 0 Å². The zero-order valence-electron chi connectivity index (χ0n) is 9.94. The van der Waals surface area contributed by atoms with Gasteiger partial charge in [-0.05, 0) is 24.3 Å². The molecule has 1 atom stereocenters. The Kier molecular flexibility index (Phi) is 5.12. The summed E-state index contributed by atoms with van der Waals surface area (Å²) in [6, 6.07) is 3.98. The van der Waals surface area contributed by atoms with Gasteiger partial charge in [-0.2, -0.15) is 11.8 Å². The number of aliphatic hydroxyl groups is 1. The normalized spacial score (nSPS) is 18.2. The molecule has 1 aliphatic heterocycles. The number of hydrogen-bond acceptors (Lipinski definition) is 4. The van der Waals surface area contributed by atoms with Gasteiger partial charge in [-0.1, -0.05) is 11.8 Å². The van der Waals surface area contributed by atoms with Crippen LogP contribution >= 0.6 is 23.1 Å². The Labute approximate surface area is 115 Å². The van der Waals surface area contributed by atoms with Crippen molar-refractivity contribution >= 4 is 29.0 Å². The van der Waals surface area contributed by atoms with Crippen LogP contribution in [0.25, 0.3) is 0 Å². The second kappa shape index (κ2) is 6.83. The lowest BCUT2D eigenvalue weighted by Crippen LogP contribution is -2.34. The van der Waals surface area contributed by atoms with Gasteiger partial charge in [0.05, 0.1) is 16.4 Å². The first-order chi connectivity index (χ1) is 8.79. The lowest BCUT2D eigenvalue weighted by atomic mass is 10.2. The minimum Gasteiger partial charge on any atom is -0.395 e. The molecule has 2 rings (SSSR count). The van der Waals surface area contributed by atoms with Crippen LogP contribution in [0.2, 0.25) is 0 Å². The second-order valence-corrected chi connectivity index (χ2v) is 6.21. The van der Waals surface area contributed by atoms with E-state index in [2.05, 4.69) is 17.2 Å². The summed E-state index contributed by atoms with van der Waals surface area (Å²) in [4.78, 5) is 13.5. The third-order valence-electron chi connectivity index (χ3n) is 2.54. The van der Waals surface area contributed by atoms with Crippen molar-refractivity contribution < 1.29 is 9.90 Å². The molecule has 1 aromatic heterocycles. The van der Waals surface area contributed by atoms with Gasteiger partial charge in [-0.15, -0.1) is 11.3 Å². The number of thiophene rings is 1. The van der Waals surface area contributed by atoms with E-state index in [-0.39, 0.29) is 12.5 Å². The molecule has 0 spiro atoms. The summed E-state index contributed by atoms with van der Waals surface area (Å²) < 4.78 is 0. The Balaban J connectivity index is 1.92. The first kappa shape index (κ1) is 13.5. The van der Waals surface area contributed by atoms with Crippen molar-refractivity contribution in [1.82, 2.24) is 5.32 Å². The molecule has 0 bridgehead atoms. The van der Waals surface area contributed by atoms with E-state index < -0.39 is 0 Å². The van der Waals surface area contributed by atoms with Gasteiger partial charge in [-0.3, -0.25) is 4.79 Å². The third kappa shape index (κ3) is 3.77. The highest BCUT2D eigenvalue weighted by Gasteiger charge is 2.19. The van der Waals surface area contributed by atoms with Gasteiger partial charge in [0, 0.05) is 18.2 Å². The van der Waals surface area contributed by atoms with E-state index in [1.165, 1.54) is 11.3 Å². The molecule has 0 saturated carbocycles. The fraction of sp³-hybridized carbons (Fsp3) is 0.462. The molecule has 0 radical (unpaired) electrons. The second-order valence-electron chi connectivity index (χ2n) is 3.97. The van der Waals surface area contributed by atoms with Crippen molar-refractivity contribution in [3.63, 3.8) is 0 Å². The van der Waals surface area contributed by atoms with Crippen molar-refractivity contribution in [3.8, 4) is 11.8 Å². The summed E-state index contributed by atoms with van der Waals surface area (Å²) in [6.45, 7) is 0.0745. The molecule has 18 heavy (non-hydrogen) atoms. The molecular weight excluding hydrogens is 266 g/mol. The first-order valence-electron chi connectivity index (χ1n) is 5.88. The molecule has 1 aromatic rings. The van der Waals surface area contributed by atoms with Crippen LogP contribution < -0.4 is 5.32 Å². The van der Waals surface area contributed by atoms with Gasteiger partial charge in [0.2, 0.25) is 0 Å². The van der Waals surface area contributed by atoms with E-state index in [4.69, 9.17) is 5.11 Å². The molecule has 3 nitrogen and oxygen atoms in total. The van der Waals surface area contributed by atoms with E-state index in [1.807, 2.05) is 23.9 Å². The Morgan fingerprint density at radius 3 is 3.17 bits per heavy atom. The largest absolute Gasteiger partial charge is 0.395 e. The van der Waals surface area contributed by atoms with E-state index in [0.29, 0.717) is 17.3 Å². The number of nitrogens with one attached hydrogen (secondary N) is 1. The average molecular weight is 281 g/mol. The fourth-order valence-corrected chi connectivity index (χ4v) is 3.57. The SMILES string of the molecule is O=C(NC1CCSC1)c1ccc(C#CCCO)s1. The van der Waals surface area contributed by atoms with Crippen LogP contribution in [0.1, 0.15) is 27.4 Å². The zero-order valence-corrected chi connectivity index (χ0v) is 11.6. The molecule has 2 N–H and O–H groups in total. The molecule has 0 aliphatic carbocycles. The van der Waals surface area contributed by atoms with Crippen molar-refractivity contribution in [2.24, 2.45) is 0 Å². The van der Waals surface area contributed by atoms with Crippen molar-refractivity contribution in [2.75, 3.05) is 18.1 Å². The zero-order chi connectivity index (χ0) is 12.8. The van der Waals surface area contributed by atoms with E-state index in [0.717, 1.165) is 22.8 Å². The minimum atomic E-state index is 0.00251. The number of carbonyl (C=O) groups is 1. The number of aliphatic hydroxyl groups excluding tert-OH is 1. The third-order valence-corrected chi connectivity index (χ3v) is 4.70. The number of carbonyl (C=O) groups excluding carboxylic acids is 1. The molecule has 1 saturated heterocycles. The van der Waals surface area contributed by atoms with Crippen LogP contribution in [-0.2, 0) is 0 Å². The quantitative estimate of drug-likeness (QED) is 0.829. The maximum atomic E-state index is 11.9. The van der Waals surface area contributed by atoms with Crippen LogP contribution in [0.15, 0.2) is 12.1 Å². The van der Waals surface area contributed by atoms with Crippen molar-refractivity contribution in [1.29, 1.82) is 0 Å². The molecule has 0 aromatic carbocycles. The summed E-state index contributed by atoms with van der Waals surface area (Å²) in [7, 11) is 0.